The first-order chi connectivity index (χ1) is 7.61. The summed E-state index contributed by atoms with van der Waals surface area (Å²) in [5, 5.41) is 17.8. The standard InChI is InChI=1S/C9H11NO5S/c1-15-6-7(12)10-5(9(13)14)4(2-11)3-16-8(6)10/h6,8,11H,2-3H2,1H3,(H,13,14)/t6-,8+/m1/s1. The van der Waals surface area contributed by atoms with E-state index in [4.69, 9.17) is 14.9 Å². The molecular weight excluding hydrogens is 234 g/mol. The van der Waals surface area contributed by atoms with Gasteiger partial charge in [0.1, 0.15) is 11.1 Å². The van der Waals surface area contributed by atoms with Crippen LogP contribution in [0.15, 0.2) is 11.3 Å². The smallest absolute Gasteiger partial charge is 0.352 e. The summed E-state index contributed by atoms with van der Waals surface area (Å²) in [5.41, 5.74) is 0.279. The molecule has 6 nitrogen and oxygen atoms in total. The molecule has 0 aromatic heterocycles. The number of nitrogens with zero attached hydrogens (tertiary/aromatic N) is 1. The number of amides is 1. The van der Waals surface area contributed by atoms with E-state index in [-0.39, 0.29) is 23.6 Å². The number of aliphatic hydroxyl groups excluding tert-OH is 1. The normalized spacial score (nSPS) is 28.9. The number of carbonyl (C=O) groups is 2. The molecule has 2 heterocycles. The van der Waals surface area contributed by atoms with Crippen LogP contribution >= 0.6 is 11.8 Å². The van der Waals surface area contributed by atoms with Crippen LogP contribution in [0.3, 0.4) is 0 Å². The molecule has 7 heteroatoms. The van der Waals surface area contributed by atoms with Crippen molar-refractivity contribution in [2.45, 2.75) is 11.5 Å². The number of aliphatic hydroxyl groups is 1. The fraction of sp³-hybridized carbons (Fsp3) is 0.556. The first-order valence-corrected chi connectivity index (χ1v) is 5.70. The Kier molecular flexibility index (Phi) is 2.92. The largest absolute Gasteiger partial charge is 0.477 e. The van der Waals surface area contributed by atoms with E-state index in [1.807, 2.05) is 0 Å². The minimum atomic E-state index is -1.18. The molecule has 0 radical (unpaired) electrons. The number of hydrogen-bond acceptors (Lipinski definition) is 5. The van der Waals surface area contributed by atoms with Crippen LogP contribution in [0.4, 0.5) is 0 Å². The molecular formula is C9H11NO5S. The molecule has 1 saturated heterocycles. The van der Waals surface area contributed by atoms with Crippen LogP contribution in [0.2, 0.25) is 0 Å². The summed E-state index contributed by atoms with van der Waals surface area (Å²) in [6.45, 7) is -0.344. The lowest BCUT2D eigenvalue weighted by Gasteiger charge is -2.48. The highest BCUT2D eigenvalue weighted by Gasteiger charge is 2.53. The summed E-state index contributed by atoms with van der Waals surface area (Å²) < 4.78 is 4.97. The first kappa shape index (κ1) is 11.4. The minimum absolute atomic E-state index is 0.0930. The maximum Gasteiger partial charge on any atom is 0.352 e. The van der Waals surface area contributed by atoms with Crippen molar-refractivity contribution in [3.8, 4) is 0 Å². The van der Waals surface area contributed by atoms with Gasteiger partial charge in [-0.1, -0.05) is 0 Å². The second-order valence-corrected chi connectivity index (χ2v) is 4.59. The maximum atomic E-state index is 11.6. The van der Waals surface area contributed by atoms with Gasteiger partial charge in [-0.25, -0.2) is 4.79 Å². The van der Waals surface area contributed by atoms with Crippen LogP contribution in [0.5, 0.6) is 0 Å². The molecule has 0 bridgehead atoms. The predicted octanol–water partition coefficient (Wildman–Crippen LogP) is -0.752. The Bertz CT molecular complexity index is 380. The molecule has 1 amide bonds. The third-order valence-corrected chi connectivity index (χ3v) is 3.96. The number of thioether (sulfide) groups is 1. The van der Waals surface area contributed by atoms with Crippen molar-refractivity contribution in [3.05, 3.63) is 11.3 Å². The monoisotopic (exact) mass is 245 g/mol. The number of fused-ring (bicyclic) bond motifs is 1. The van der Waals surface area contributed by atoms with E-state index in [1.165, 1.54) is 23.8 Å². The van der Waals surface area contributed by atoms with E-state index in [1.54, 1.807) is 0 Å². The molecule has 16 heavy (non-hydrogen) atoms. The Morgan fingerprint density at radius 3 is 2.88 bits per heavy atom. The number of hydrogen-bond donors (Lipinski definition) is 2. The van der Waals surface area contributed by atoms with Gasteiger partial charge >= 0.3 is 5.97 Å². The van der Waals surface area contributed by atoms with E-state index in [0.717, 1.165) is 0 Å². The van der Waals surface area contributed by atoms with Crippen LogP contribution in [0, 0.1) is 0 Å². The topological polar surface area (TPSA) is 87.1 Å². The van der Waals surface area contributed by atoms with Crippen molar-refractivity contribution in [3.63, 3.8) is 0 Å². The van der Waals surface area contributed by atoms with Gasteiger partial charge in [0.2, 0.25) is 0 Å². The molecule has 2 aliphatic heterocycles. The van der Waals surface area contributed by atoms with E-state index < -0.39 is 12.1 Å². The number of carboxylic acid groups (broad SMARTS) is 1. The number of methoxy groups -OCH3 is 1. The molecule has 0 saturated carbocycles. The third-order valence-electron chi connectivity index (χ3n) is 2.65. The second-order valence-electron chi connectivity index (χ2n) is 3.48. The average Bonchev–Trinajstić information content (AvgIpc) is 2.27. The van der Waals surface area contributed by atoms with Gasteiger partial charge in [-0.2, -0.15) is 0 Å². The van der Waals surface area contributed by atoms with Crippen LogP contribution < -0.4 is 0 Å². The first-order valence-electron chi connectivity index (χ1n) is 4.65. The minimum Gasteiger partial charge on any atom is -0.477 e. The van der Waals surface area contributed by atoms with E-state index in [0.29, 0.717) is 11.3 Å². The van der Waals surface area contributed by atoms with Gasteiger partial charge < -0.3 is 14.9 Å². The van der Waals surface area contributed by atoms with Crippen molar-refractivity contribution < 1.29 is 24.5 Å². The average molecular weight is 245 g/mol. The Morgan fingerprint density at radius 1 is 1.69 bits per heavy atom. The lowest BCUT2D eigenvalue weighted by molar-refractivity contribution is -0.162. The maximum absolute atomic E-state index is 11.6. The van der Waals surface area contributed by atoms with Gasteiger partial charge in [-0.15, -0.1) is 11.8 Å². The van der Waals surface area contributed by atoms with Gasteiger partial charge in [0.25, 0.3) is 5.91 Å². The van der Waals surface area contributed by atoms with Crippen LogP contribution in [-0.4, -0.2) is 57.9 Å². The number of rotatable bonds is 3. The van der Waals surface area contributed by atoms with Gasteiger partial charge in [-0.05, 0) is 5.57 Å². The zero-order chi connectivity index (χ0) is 11.9. The van der Waals surface area contributed by atoms with Crippen molar-refractivity contribution in [1.82, 2.24) is 4.90 Å². The Hall–Kier alpha value is -1.05. The fourth-order valence-electron chi connectivity index (χ4n) is 1.85. The molecule has 2 aliphatic rings. The van der Waals surface area contributed by atoms with Crippen LogP contribution in [0.1, 0.15) is 0 Å². The summed E-state index contributed by atoms with van der Waals surface area (Å²) in [6, 6.07) is 0. The highest BCUT2D eigenvalue weighted by molar-refractivity contribution is 8.00. The molecule has 1 fully saturated rings. The summed E-state index contributed by atoms with van der Waals surface area (Å²) >= 11 is 1.40. The molecule has 0 aliphatic carbocycles. The lowest BCUT2D eigenvalue weighted by atomic mass is 10.1. The van der Waals surface area contributed by atoms with Gasteiger partial charge in [0, 0.05) is 12.9 Å². The van der Waals surface area contributed by atoms with Crippen molar-refractivity contribution in [2.24, 2.45) is 0 Å². The lowest BCUT2D eigenvalue weighted by Crippen LogP contribution is -2.65. The second kappa shape index (κ2) is 4.08. The predicted molar refractivity (Wildman–Crippen MR) is 55.6 cm³/mol. The zero-order valence-electron chi connectivity index (χ0n) is 8.54. The van der Waals surface area contributed by atoms with Crippen molar-refractivity contribution in [2.75, 3.05) is 19.5 Å². The van der Waals surface area contributed by atoms with Crippen LogP contribution in [0.25, 0.3) is 0 Å². The van der Waals surface area contributed by atoms with Gasteiger partial charge in [0.05, 0.1) is 6.61 Å². The van der Waals surface area contributed by atoms with E-state index in [9.17, 15) is 9.59 Å². The highest BCUT2D eigenvalue weighted by Crippen LogP contribution is 2.41. The van der Waals surface area contributed by atoms with E-state index >= 15 is 0 Å². The van der Waals surface area contributed by atoms with Crippen molar-refractivity contribution in [1.29, 1.82) is 0 Å². The number of ether oxygens (including phenoxy) is 1. The quantitative estimate of drug-likeness (QED) is 0.636. The SMILES string of the molecule is CO[C@@H]1C(=O)N2C(C(=O)O)=C(CO)CS[C@@H]12. The Balaban J connectivity index is 2.33. The van der Waals surface area contributed by atoms with Gasteiger partial charge in [-0.3, -0.25) is 9.69 Å². The molecule has 0 spiro atoms. The molecule has 0 unspecified atom stereocenters. The Labute approximate surface area is 95.9 Å². The Morgan fingerprint density at radius 2 is 2.38 bits per heavy atom. The number of β-lactam (4-membered cyclic amide) rings is 1. The van der Waals surface area contributed by atoms with Gasteiger partial charge in [0.15, 0.2) is 6.10 Å². The van der Waals surface area contributed by atoms with Crippen LogP contribution in [-0.2, 0) is 14.3 Å². The van der Waals surface area contributed by atoms with E-state index in [2.05, 4.69) is 0 Å². The summed E-state index contributed by atoms with van der Waals surface area (Å²) in [4.78, 5) is 23.8. The number of carboxylic acids is 1. The molecule has 0 aromatic rings. The third kappa shape index (κ3) is 1.43. The highest BCUT2D eigenvalue weighted by atomic mass is 32.2. The molecule has 2 rings (SSSR count). The summed E-state index contributed by atoms with van der Waals surface area (Å²) in [6.07, 6.45) is -0.570. The number of carbonyl (C=O) groups excluding carboxylic acids is 1. The fourth-order valence-corrected chi connectivity index (χ4v) is 3.21. The number of aliphatic carboxylic acids is 1. The summed E-state index contributed by atoms with van der Waals surface area (Å²) in [7, 11) is 1.42. The zero-order valence-corrected chi connectivity index (χ0v) is 9.36. The van der Waals surface area contributed by atoms with Crippen molar-refractivity contribution >= 4 is 23.6 Å². The molecule has 0 aromatic carbocycles. The molecule has 88 valence electrons. The molecule has 2 atom stereocenters. The molecule has 2 N–H and O–H groups in total. The summed E-state index contributed by atoms with van der Waals surface area (Å²) in [5.74, 6) is -1.13.